The number of hydrogen-bond acceptors (Lipinski definition) is 3. The zero-order chi connectivity index (χ0) is 14.0. The maximum absolute atomic E-state index is 12.0. The minimum Gasteiger partial charge on any atom is -0.508 e. The minimum absolute atomic E-state index is 0.109. The predicted octanol–water partition coefficient (Wildman–Crippen LogP) is 3.42. The Morgan fingerprint density at radius 2 is 2.00 bits per heavy atom. The Labute approximate surface area is 119 Å². The molecule has 2 N–H and O–H groups in total. The average molecular weight is 321 g/mol. The zero-order valence-electron chi connectivity index (χ0n) is 10.6. The van der Waals surface area contributed by atoms with Crippen LogP contribution in [0.25, 0.3) is 0 Å². The van der Waals surface area contributed by atoms with Crippen LogP contribution in [-0.4, -0.2) is 16.0 Å². The number of pyridine rings is 1. The molecule has 0 bridgehead atoms. The number of carbonyl (C=O) groups is 1. The van der Waals surface area contributed by atoms with Crippen molar-refractivity contribution in [3.8, 4) is 5.75 Å². The lowest BCUT2D eigenvalue weighted by Gasteiger charge is -2.07. The molecular weight excluding hydrogens is 308 g/mol. The van der Waals surface area contributed by atoms with Crippen molar-refractivity contribution < 1.29 is 9.90 Å². The SMILES string of the molecule is Cc1ccc(C(=O)Nc2cnc(Br)c(C)c2)cc1O. The van der Waals surface area contributed by atoms with Crippen LogP contribution in [-0.2, 0) is 0 Å². The van der Waals surface area contributed by atoms with Crippen LogP contribution in [0.5, 0.6) is 5.75 Å². The third kappa shape index (κ3) is 3.12. The summed E-state index contributed by atoms with van der Waals surface area (Å²) in [4.78, 5) is 16.1. The standard InChI is InChI=1S/C14H13BrN2O2/c1-8-3-4-10(6-12(8)18)14(19)17-11-5-9(2)13(15)16-7-11/h3-7,18H,1-2H3,(H,17,19). The van der Waals surface area contributed by atoms with E-state index in [1.165, 1.54) is 6.07 Å². The molecule has 2 aromatic rings. The molecule has 0 aliphatic carbocycles. The summed E-state index contributed by atoms with van der Waals surface area (Å²) < 4.78 is 0.749. The van der Waals surface area contributed by atoms with Gasteiger partial charge in [0.25, 0.3) is 5.91 Å². The smallest absolute Gasteiger partial charge is 0.255 e. The first-order valence-corrected chi connectivity index (χ1v) is 6.50. The van der Waals surface area contributed by atoms with Crippen LogP contribution >= 0.6 is 15.9 Å². The first kappa shape index (κ1) is 13.5. The van der Waals surface area contributed by atoms with Crippen molar-refractivity contribution in [3.05, 3.63) is 51.8 Å². The molecule has 1 amide bonds. The maximum Gasteiger partial charge on any atom is 0.255 e. The van der Waals surface area contributed by atoms with Gasteiger partial charge < -0.3 is 10.4 Å². The molecule has 1 aromatic heterocycles. The lowest BCUT2D eigenvalue weighted by Crippen LogP contribution is -2.12. The second kappa shape index (κ2) is 5.40. The Morgan fingerprint density at radius 1 is 1.26 bits per heavy atom. The molecule has 1 heterocycles. The highest BCUT2D eigenvalue weighted by molar-refractivity contribution is 9.10. The second-order valence-corrected chi connectivity index (χ2v) is 5.04. The van der Waals surface area contributed by atoms with Gasteiger partial charge in [-0.15, -0.1) is 0 Å². The molecule has 0 radical (unpaired) electrons. The van der Waals surface area contributed by atoms with E-state index >= 15 is 0 Å². The van der Waals surface area contributed by atoms with E-state index in [1.807, 2.05) is 13.0 Å². The van der Waals surface area contributed by atoms with Gasteiger partial charge in [-0.2, -0.15) is 0 Å². The van der Waals surface area contributed by atoms with Crippen molar-refractivity contribution in [2.45, 2.75) is 13.8 Å². The second-order valence-electron chi connectivity index (χ2n) is 4.29. The Balaban J connectivity index is 2.20. The van der Waals surface area contributed by atoms with Gasteiger partial charge in [-0.25, -0.2) is 4.98 Å². The molecule has 0 saturated carbocycles. The van der Waals surface area contributed by atoms with Gasteiger partial charge in [-0.05, 0) is 59.1 Å². The minimum atomic E-state index is -0.279. The summed E-state index contributed by atoms with van der Waals surface area (Å²) in [6, 6.07) is 6.64. The van der Waals surface area contributed by atoms with Gasteiger partial charge in [0.15, 0.2) is 0 Å². The number of amides is 1. The Kier molecular flexibility index (Phi) is 3.85. The molecule has 5 heteroatoms. The number of aryl methyl sites for hydroxylation is 2. The van der Waals surface area contributed by atoms with Gasteiger partial charge in [0.2, 0.25) is 0 Å². The summed E-state index contributed by atoms with van der Waals surface area (Å²) in [7, 11) is 0. The number of benzene rings is 1. The first-order chi connectivity index (χ1) is 8.97. The number of nitrogens with zero attached hydrogens (tertiary/aromatic N) is 1. The average Bonchev–Trinajstić information content (AvgIpc) is 2.37. The van der Waals surface area contributed by atoms with E-state index in [9.17, 15) is 9.90 Å². The zero-order valence-corrected chi connectivity index (χ0v) is 12.2. The molecule has 98 valence electrons. The molecule has 1 aromatic carbocycles. The third-order valence-electron chi connectivity index (χ3n) is 2.74. The third-order valence-corrected chi connectivity index (χ3v) is 3.57. The van der Waals surface area contributed by atoms with Crippen molar-refractivity contribution in [1.82, 2.24) is 4.98 Å². The Bertz CT molecular complexity index is 641. The van der Waals surface area contributed by atoms with Crippen LogP contribution in [0, 0.1) is 13.8 Å². The maximum atomic E-state index is 12.0. The molecule has 19 heavy (non-hydrogen) atoms. The summed E-state index contributed by atoms with van der Waals surface area (Å²) in [6.45, 7) is 3.67. The number of anilines is 1. The van der Waals surface area contributed by atoms with Crippen molar-refractivity contribution in [1.29, 1.82) is 0 Å². The lowest BCUT2D eigenvalue weighted by molar-refractivity contribution is 0.102. The summed E-state index contributed by atoms with van der Waals surface area (Å²) >= 11 is 3.30. The molecule has 0 atom stereocenters. The highest BCUT2D eigenvalue weighted by Gasteiger charge is 2.09. The monoisotopic (exact) mass is 320 g/mol. The Morgan fingerprint density at radius 3 is 2.63 bits per heavy atom. The number of phenolic OH excluding ortho intramolecular Hbond substituents is 1. The predicted molar refractivity (Wildman–Crippen MR) is 77.5 cm³/mol. The molecule has 0 aliphatic rings. The summed E-state index contributed by atoms with van der Waals surface area (Å²) in [5.74, 6) is -0.170. The van der Waals surface area contributed by atoms with Crippen LogP contribution in [0.4, 0.5) is 5.69 Å². The number of nitrogens with one attached hydrogen (secondary N) is 1. The number of aromatic hydroxyl groups is 1. The summed E-state index contributed by atoms with van der Waals surface area (Å²) in [6.07, 6.45) is 1.57. The van der Waals surface area contributed by atoms with E-state index in [2.05, 4.69) is 26.2 Å². The summed E-state index contributed by atoms with van der Waals surface area (Å²) in [5.41, 5.74) is 2.69. The van der Waals surface area contributed by atoms with Gasteiger partial charge in [0.1, 0.15) is 10.4 Å². The topological polar surface area (TPSA) is 62.2 Å². The number of phenols is 1. The molecule has 0 saturated heterocycles. The Hall–Kier alpha value is -1.88. The van der Waals surface area contributed by atoms with Gasteiger partial charge in [-0.3, -0.25) is 4.79 Å². The highest BCUT2D eigenvalue weighted by Crippen LogP contribution is 2.20. The van der Waals surface area contributed by atoms with Crippen LogP contribution in [0.2, 0.25) is 0 Å². The van der Waals surface area contributed by atoms with Gasteiger partial charge in [-0.1, -0.05) is 6.07 Å². The van der Waals surface area contributed by atoms with E-state index in [-0.39, 0.29) is 11.7 Å². The molecule has 0 unspecified atom stereocenters. The van der Waals surface area contributed by atoms with E-state index in [0.717, 1.165) is 15.7 Å². The molecule has 0 fully saturated rings. The van der Waals surface area contributed by atoms with Crippen molar-refractivity contribution in [3.63, 3.8) is 0 Å². The van der Waals surface area contributed by atoms with Crippen LogP contribution in [0.15, 0.2) is 35.1 Å². The van der Waals surface area contributed by atoms with Crippen molar-refractivity contribution >= 4 is 27.5 Å². The van der Waals surface area contributed by atoms with Gasteiger partial charge in [0.05, 0.1) is 11.9 Å². The fourth-order valence-electron chi connectivity index (χ4n) is 1.58. The molecule has 2 rings (SSSR count). The fraction of sp³-hybridized carbons (Fsp3) is 0.143. The number of halogens is 1. The van der Waals surface area contributed by atoms with E-state index in [0.29, 0.717) is 11.3 Å². The van der Waals surface area contributed by atoms with Crippen LogP contribution in [0.1, 0.15) is 21.5 Å². The molecular formula is C14H13BrN2O2. The van der Waals surface area contributed by atoms with Crippen molar-refractivity contribution in [2.24, 2.45) is 0 Å². The molecule has 4 nitrogen and oxygen atoms in total. The summed E-state index contributed by atoms with van der Waals surface area (Å²) in [5, 5.41) is 12.3. The van der Waals surface area contributed by atoms with Gasteiger partial charge in [0, 0.05) is 5.56 Å². The fourth-order valence-corrected chi connectivity index (χ4v) is 1.80. The van der Waals surface area contributed by atoms with E-state index in [1.54, 1.807) is 25.3 Å². The van der Waals surface area contributed by atoms with Crippen LogP contribution in [0.3, 0.4) is 0 Å². The number of rotatable bonds is 2. The first-order valence-electron chi connectivity index (χ1n) is 5.70. The van der Waals surface area contributed by atoms with E-state index < -0.39 is 0 Å². The van der Waals surface area contributed by atoms with Crippen LogP contribution < -0.4 is 5.32 Å². The number of aromatic nitrogens is 1. The number of carbonyl (C=O) groups excluding carboxylic acids is 1. The van der Waals surface area contributed by atoms with Gasteiger partial charge >= 0.3 is 0 Å². The highest BCUT2D eigenvalue weighted by atomic mass is 79.9. The molecule has 0 spiro atoms. The van der Waals surface area contributed by atoms with Crippen molar-refractivity contribution in [2.75, 3.05) is 5.32 Å². The lowest BCUT2D eigenvalue weighted by atomic mass is 10.1. The van der Waals surface area contributed by atoms with E-state index in [4.69, 9.17) is 0 Å². The normalized spacial score (nSPS) is 10.3. The number of hydrogen-bond donors (Lipinski definition) is 2. The molecule has 0 aliphatic heterocycles. The largest absolute Gasteiger partial charge is 0.508 e. The quantitative estimate of drug-likeness (QED) is 0.833.